The van der Waals surface area contributed by atoms with Crippen LogP contribution < -0.4 is 5.14 Å². The topological polar surface area (TPSA) is 60.2 Å². The lowest BCUT2D eigenvalue weighted by molar-refractivity contribution is 0.575. The molecule has 3 nitrogen and oxygen atoms in total. The highest BCUT2D eigenvalue weighted by atomic mass is 32.2. The SMILES string of the molecule is NS(=O)(=O)c1ccc(F)c(C(c2ccccc2)(c2ccccc2)c2ccccc2)c1. The van der Waals surface area contributed by atoms with Crippen molar-refractivity contribution in [2.45, 2.75) is 10.3 Å². The first kappa shape index (κ1) is 20.0. The predicted molar refractivity (Wildman–Crippen MR) is 116 cm³/mol. The highest BCUT2D eigenvalue weighted by Gasteiger charge is 2.40. The molecule has 0 bridgehead atoms. The molecule has 0 unspecified atom stereocenters. The third-order valence-electron chi connectivity index (χ3n) is 5.29. The molecule has 0 aliphatic rings. The standard InChI is InChI=1S/C25H20FNO2S/c26-24-17-16-22(30(27,28)29)18-23(24)25(19-10-4-1-5-11-19,20-12-6-2-7-13-20)21-14-8-3-9-15-21/h1-18H,(H2,27,28,29). The van der Waals surface area contributed by atoms with Crippen LogP contribution in [-0.4, -0.2) is 8.42 Å². The number of primary sulfonamides is 1. The number of hydrogen-bond donors (Lipinski definition) is 1. The lowest BCUT2D eigenvalue weighted by Gasteiger charge is -2.37. The number of sulfonamides is 1. The van der Waals surface area contributed by atoms with Gasteiger partial charge in [0.25, 0.3) is 0 Å². The van der Waals surface area contributed by atoms with Crippen molar-refractivity contribution in [2.75, 3.05) is 0 Å². The number of hydrogen-bond acceptors (Lipinski definition) is 2. The summed E-state index contributed by atoms with van der Waals surface area (Å²) < 4.78 is 39.7. The Labute approximate surface area is 175 Å². The Balaban J connectivity index is 2.20. The first-order chi connectivity index (χ1) is 14.4. The monoisotopic (exact) mass is 417 g/mol. The van der Waals surface area contributed by atoms with Crippen LogP contribution in [0.3, 0.4) is 0 Å². The predicted octanol–water partition coefficient (Wildman–Crippen LogP) is 4.86. The summed E-state index contributed by atoms with van der Waals surface area (Å²) in [6, 6.07) is 32.2. The Hall–Kier alpha value is -3.28. The number of halogens is 1. The molecule has 0 saturated heterocycles. The Morgan fingerprint density at radius 2 is 1.03 bits per heavy atom. The maximum absolute atomic E-state index is 15.5. The van der Waals surface area contributed by atoms with Crippen molar-refractivity contribution >= 4 is 10.0 Å². The van der Waals surface area contributed by atoms with E-state index in [1.54, 1.807) is 0 Å². The van der Waals surface area contributed by atoms with E-state index in [-0.39, 0.29) is 10.5 Å². The molecule has 5 heteroatoms. The summed E-state index contributed by atoms with van der Waals surface area (Å²) in [5, 5.41) is 5.38. The third kappa shape index (κ3) is 3.43. The van der Waals surface area contributed by atoms with Gasteiger partial charge in [0.15, 0.2) is 0 Å². The Bertz CT molecular complexity index is 1160. The first-order valence-electron chi connectivity index (χ1n) is 9.43. The highest BCUT2D eigenvalue weighted by molar-refractivity contribution is 7.89. The summed E-state index contributed by atoms with van der Waals surface area (Å²) in [6.45, 7) is 0. The molecule has 0 atom stereocenters. The molecule has 0 fully saturated rings. The molecular formula is C25H20FNO2S. The van der Waals surface area contributed by atoms with E-state index in [4.69, 9.17) is 5.14 Å². The van der Waals surface area contributed by atoms with Crippen molar-refractivity contribution in [1.82, 2.24) is 0 Å². The average molecular weight is 418 g/mol. The lowest BCUT2D eigenvalue weighted by Crippen LogP contribution is -2.32. The van der Waals surface area contributed by atoms with E-state index in [1.165, 1.54) is 18.2 Å². The zero-order valence-corrected chi connectivity index (χ0v) is 16.9. The van der Waals surface area contributed by atoms with E-state index in [2.05, 4.69) is 0 Å². The molecule has 150 valence electrons. The molecule has 4 rings (SSSR count). The molecule has 0 aliphatic heterocycles. The molecule has 0 heterocycles. The van der Waals surface area contributed by atoms with E-state index < -0.39 is 21.3 Å². The normalized spacial score (nSPS) is 11.9. The van der Waals surface area contributed by atoms with Crippen LogP contribution in [0, 0.1) is 5.82 Å². The number of nitrogens with two attached hydrogens (primary N) is 1. The number of rotatable bonds is 5. The quantitative estimate of drug-likeness (QED) is 0.472. The lowest BCUT2D eigenvalue weighted by atomic mass is 9.65. The summed E-state index contributed by atoms with van der Waals surface area (Å²) in [6.07, 6.45) is 0. The van der Waals surface area contributed by atoms with Crippen LogP contribution in [0.25, 0.3) is 0 Å². The minimum absolute atomic E-state index is 0.133. The second-order valence-corrected chi connectivity index (χ2v) is 8.60. The van der Waals surface area contributed by atoms with Crippen molar-refractivity contribution in [2.24, 2.45) is 5.14 Å². The van der Waals surface area contributed by atoms with Gasteiger partial charge in [0, 0.05) is 5.56 Å². The van der Waals surface area contributed by atoms with Crippen LogP contribution in [-0.2, 0) is 15.4 Å². The van der Waals surface area contributed by atoms with Gasteiger partial charge in [-0.3, -0.25) is 0 Å². The molecule has 0 spiro atoms. The van der Waals surface area contributed by atoms with Crippen LogP contribution in [0.1, 0.15) is 22.3 Å². The van der Waals surface area contributed by atoms with Crippen molar-refractivity contribution in [1.29, 1.82) is 0 Å². The van der Waals surface area contributed by atoms with Crippen LogP contribution >= 0.6 is 0 Å². The molecule has 0 amide bonds. The largest absolute Gasteiger partial charge is 0.238 e. The van der Waals surface area contributed by atoms with Gasteiger partial charge in [0.1, 0.15) is 5.82 Å². The molecular weight excluding hydrogens is 397 g/mol. The van der Waals surface area contributed by atoms with Gasteiger partial charge in [0.05, 0.1) is 10.3 Å². The molecule has 4 aromatic rings. The van der Waals surface area contributed by atoms with Gasteiger partial charge in [0.2, 0.25) is 10.0 Å². The number of benzene rings is 4. The Morgan fingerprint density at radius 3 is 1.40 bits per heavy atom. The van der Waals surface area contributed by atoms with Gasteiger partial charge in [-0.15, -0.1) is 0 Å². The second kappa shape index (κ2) is 7.86. The maximum atomic E-state index is 15.5. The highest BCUT2D eigenvalue weighted by Crippen LogP contribution is 2.46. The molecule has 30 heavy (non-hydrogen) atoms. The fourth-order valence-electron chi connectivity index (χ4n) is 4.00. The van der Waals surface area contributed by atoms with E-state index >= 15 is 4.39 Å². The van der Waals surface area contributed by atoms with Gasteiger partial charge < -0.3 is 0 Å². The summed E-state index contributed by atoms with van der Waals surface area (Å²) in [7, 11) is -4.02. The summed E-state index contributed by atoms with van der Waals surface area (Å²) in [4.78, 5) is -0.133. The minimum Gasteiger partial charge on any atom is -0.225 e. The zero-order chi connectivity index (χ0) is 21.2. The minimum atomic E-state index is -4.02. The molecule has 0 radical (unpaired) electrons. The summed E-state index contributed by atoms with van der Waals surface area (Å²) >= 11 is 0. The van der Waals surface area contributed by atoms with Crippen LogP contribution in [0.4, 0.5) is 4.39 Å². The van der Waals surface area contributed by atoms with Gasteiger partial charge in [-0.1, -0.05) is 91.0 Å². The Morgan fingerprint density at radius 1 is 0.633 bits per heavy atom. The first-order valence-corrected chi connectivity index (χ1v) is 11.0. The van der Waals surface area contributed by atoms with E-state index in [1.807, 2.05) is 91.0 Å². The van der Waals surface area contributed by atoms with Crippen molar-refractivity contribution < 1.29 is 12.8 Å². The van der Waals surface area contributed by atoms with Crippen molar-refractivity contribution in [3.05, 3.63) is 137 Å². The summed E-state index contributed by atoms with van der Waals surface area (Å²) in [5.74, 6) is -0.515. The molecule has 2 N–H and O–H groups in total. The van der Waals surface area contributed by atoms with Gasteiger partial charge in [-0.05, 0) is 34.9 Å². The summed E-state index contributed by atoms with van der Waals surface area (Å²) in [5.41, 5.74) is 1.58. The fourth-order valence-corrected chi connectivity index (χ4v) is 4.54. The second-order valence-electron chi connectivity index (χ2n) is 7.03. The van der Waals surface area contributed by atoms with Crippen LogP contribution in [0.5, 0.6) is 0 Å². The van der Waals surface area contributed by atoms with Gasteiger partial charge in [-0.25, -0.2) is 17.9 Å². The van der Waals surface area contributed by atoms with Crippen LogP contribution in [0.2, 0.25) is 0 Å². The van der Waals surface area contributed by atoms with Gasteiger partial charge in [-0.2, -0.15) is 0 Å². The molecule has 0 aliphatic carbocycles. The average Bonchev–Trinajstić information content (AvgIpc) is 2.77. The maximum Gasteiger partial charge on any atom is 0.238 e. The Kier molecular flexibility index (Phi) is 5.24. The van der Waals surface area contributed by atoms with E-state index in [0.29, 0.717) is 0 Å². The molecule has 0 aromatic heterocycles. The zero-order valence-electron chi connectivity index (χ0n) is 16.1. The molecule has 0 saturated carbocycles. The molecule has 4 aromatic carbocycles. The van der Waals surface area contributed by atoms with Crippen LogP contribution in [0.15, 0.2) is 114 Å². The van der Waals surface area contributed by atoms with E-state index in [9.17, 15) is 8.42 Å². The fraction of sp³-hybridized carbons (Fsp3) is 0.0400. The van der Waals surface area contributed by atoms with E-state index in [0.717, 1.165) is 16.7 Å². The third-order valence-corrected chi connectivity index (χ3v) is 6.20. The van der Waals surface area contributed by atoms with Gasteiger partial charge >= 0.3 is 0 Å². The van der Waals surface area contributed by atoms with Crippen molar-refractivity contribution in [3.8, 4) is 0 Å². The smallest absolute Gasteiger partial charge is 0.225 e. The van der Waals surface area contributed by atoms with Crippen molar-refractivity contribution in [3.63, 3.8) is 0 Å².